The van der Waals surface area contributed by atoms with Gasteiger partial charge in [0.1, 0.15) is 17.1 Å². The molecule has 4 amide bonds. The zero-order chi connectivity index (χ0) is 26.0. The van der Waals surface area contributed by atoms with Gasteiger partial charge in [-0.15, -0.1) is 0 Å². The molecule has 1 N–H and O–H groups in total. The summed E-state index contributed by atoms with van der Waals surface area (Å²) in [5, 5.41) is 13.2. The zero-order valence-electron chi connectivity index (χ0n) is 18.7. The second-order valence-corrected chi connectivity index (χ2v) is 8.54. The fourth-order valence-corrected chi connectivity index (χ4v) is 4.30. The number of nitro groups is 1. The molecule has 0 unspecified atom stereocenters. The van der Waals surface area contributed by atoms with Gasteiger partial charge in [-0.2, -0.15) is 0 Å². The van der Waals surface area contributed by atoms with E-state index in [0.717, 1.165) is 6.07 Å². The van der Waals surface area contributed by atoms with Gasteiger partial charge in [-0.05, 0) is 41.5 Å². The molecule has 9 nitrogen and oxygen atoms in total. The number of nitro benzene ring substituents is 1. The van der Waals surface area contributed by atoms with Gasteiger partial charge in [-0.3, -0.25) is 25.0 Å². The normalized spacial score (nSPS) is 14.7. The molecular weight excluding hydrogens is 537 g/mol. The molecule has 0 aromatic heterocycles. The summed E-state index contributed by atoms with van der Waals surface area (Å²) in [5.41, 5.74) is 0.742. The molecule has 1 aliphatic heterocycles. The van der Waals surface area contributed by atoms with Crippen molar-refractivity contribution >= 4 is 51.2 Å². The Bertz CT molecular complexity index is 1460. The second-order valence-electron chi connectivity index (χ2n) is 7.69. The maximum Gasteiger partial charge on any atom is 0.335 e. The highest BCUT2D eigenvalue weighted by atomic mass is 79.9. The Labute approximate surface area is 212 Å². The molecule has 0 bridgehead atoms. The molecule has 1 fully saturated rings. The minimum absolute atomic E-state index is 0.0657. The third-order valence-electron chi connectivity index (χ3n) is 5.43. The van der Waals surface area contributed by atoms with E-state index in [2.05, 4.69) is 21.2 Å². The molecule has 3 aromatic carbocycles. The fraction of sp³-hybridized carbons (Fsp3) is 0.0800. The van der Waals surface area contributed by atoms with E-state index in [1.54, 1.807) is 30.3 Å². The number of non-ortho nitro benzene ring substituents is 1. The first-order valence-corrected chi connectivity index (χ1v) is 11.2. The monoisotopic (exact) mass is 553 g/mol. The average Bonchev–Trinajstić information content (AvgIpc) is 2.84. The number of imide groups is 2. The van der Waals surface area contributed by atoms with Gasteiger partial charge in [-0.25, -0.2) is 14.1 Å². The number of benzene rings is 3. The topological polar surface area (TPSA) is 119 Å². The maximum atomic E-state index is 14.2. The SMILES string of the molecule is COc1cc(/C=C2\C(=O)NC(=O)N(c3cccc([N+](=O)[O-])c3)C2=O)cc(Br)c1Cc1ccccc1F. The lowest BCUT2D eigenvalue weighted by molar-refractivity contribution is -0.384. The lowest BCUT2D eigenvalue weighted by atomic mass is 10.00. The van der Waals surface area contributed by atoms with Crippen LogP contribution in [0.1, 0.15) is 16.7 Å². The van der Waals surface area contributed by atoms with Gasteiger partial charge in [0.15, 0.2) is 0 Å². The summed E-state index contributed by atoms with van der Waals surface area (Å²) in [6, 6.07) is 13.4. The molecule has 182 valence electrons. The number of halogens is 2. The Hall–Kier alpha value is -4.38. The first-order valence-electron chi connectivity index (χ1n) is 10.5. The number of barbiturate groups is 1. The van der Waals surface area contributed by atoms with Crippen molar-refractivity contribution in [1.82, 2.24) is 5.32 Å². The van der Waals surface area contributed by atoms with Crippen LogP contribution in [-0.4, -0.2) is 29.9 Å². The third-order valence-corrected chi connectivity index (χ3v) is 6.14. The van der Waals surface area contributed by atoms with E-state index in [4.69, 9.17) is 4.74 Å². The quantitative estimate of drug-likeness (QED) is 0.203. The molecule has 4 rings (SSSR count). The summed E-state index contributed by atoms with van der Waals surface area (Å²) >= 11 is 3.45. The Morgan fingerprint density at radius 2 is 1.86 bits per heavy atom. The summed E-state index contributed by atoms with van der Waals surface area (Å²) in [6.07, 6.45) is 1.50. The number of methoxy groups -OCH3 is 1. The molecule has 3 aromatic rings. The van der Waals surface area contributed by atoms with Crippen LogP contribution in [0.25, 0.3) is 6.08 Å². The van der Waals surface area contributed by atoms with Crippen molar-refractivity contribution in [3.05, 3.63) is 103 Å². The van der Waals surface area contributed by atoms with Gasteiger partial charge in [-0.1, -0.05) is 40.2 Å². The van der Waals surface area contributed by atoms with E-state index in [1.165, 1.54) is 37.5 Å². The number of anilines is 1. The Morgan fingerprint density at radius 1 is 1.11 bits per heavy atom. The number of carbonyl (C=O) groups excluding carboxylic acids is 3. The number of urea groups is 1. The number of ether oxygens (including phenoxy) is 1. The predicted molar refractivity (Wildman–Crippen MR) is 132 cm³/mol. The van der Waals surface area contributed by atoms with Gasteiger partial charge >= 0.3 is 6.03 Å². The molecule has 0 atom stereocenters. The predicted octanol–water partition coefficient (Wildman–Crippen LogP) is 4.76. The summed E-state index contributed by atoms with van der Waals surface area (Å²) in [4.78, 5) is 49.2. The summed E-state index contributed by atoms with van der Waals surface area (Å²) < 4.78 is 20.2. The van der Waals surface area contributed by atoms with E-state index in [0.29, 0.717) is 31.8 Å². The van der Waals surface area contributed by atoms with Gasteiger partial charge in [0.05, 0.1) is 17.7 Å². The van der Waals surface area contributed by atoms with Crippen LogP contribution in [0, 0.1) is 15.9 Å². The maximum absolute atomic E-state index is 14.2. The van der Waals surface area contributed by atoms with Crippen molar-refractivity contribution < 1.29 is 28.4 Å². The van der Waals surface area contributed by atoms with E-state index >= 15 is 0 Å². The molecule has 11 heteroatoms. The van der Waals surface area contributed by atoms with E-state index in [1.807, 2.05) is 0 Å². The number of nitrogens with one attached hydrogen (secondary N) is 1. The number of nitrogens with zero attached hydrogens (tertiary/aromatic N) is 2. The molecular formula is C25H17BrFN3O6. The highest BCUT2D eigenvalue weighted by Gasteiger charge is 2.37. The summed E-state index contributed by atoms with van der Waals surface area (Å²) in [6.45, 7) is 0. The van der Waals surface area contributed by atoms with E-state index in [-0.39, 0.29) is 29.2 Å². The largest absolute Gasteiger partial charge is 0.496 e. The van der Waals surface area contributed by atoms with Crippen molar-refractivity contribution in [1.29, 1.82) is 0 Å². The highest BCUT2D eigenvalue weighted by molar-refractivity contribution is 9.10. The Kier molecular flexibility index (Phi) is 6.93. The van der Waals surface area contributed by atoms with Crippen LogP contribution in [0.4, 0.5) is 20.6 Å². The van der Waals surface area contributed by atoms with Crippen molar-refractivity contribution in [2.75, 3.05) is 12.0 Å². The van der Waals surface area contributed by atoms with Crippen LogP contribution in [-0.2, 0) is 16.0 Å². The molecule has 0 saturated carbocycles. The summed E-state index contributed by atoms with van der Waals surface area (Å²) in [7, 11) is 1.44. The molecule has 0 spiro atoms. The van der Waals surface area contributed by atoms with Crippen LogP contribution >= 0.6 is 15.9 Å². The number of carbonyl (C=O) groups is 3. The Balaban J connectivity index is 1.72. The number of hydrogen-bond acceptors (Lipinski definition) is 6. The molecule has 0 radical (unpaired) electrons. The number of hydrogen-bond donors (Lipinski definition) is 1. The molecule has 36 heavy (non-hydrogen) atoms. The lowest BCUT2D eigenvalue weighted by Crippen LogP contribution is -2.54. The van der Waals surface area contributed by atoms with Crippen LogP contribution in [0.15, 0.2) is 70.7 Å². The van der Waals surface area contributed by atoms with Gasteiger partial charge in [0, 0.05) is 28.6 Å². The zero-order valence-corrected chi connectivity index (χ0v) is 20.2. The van der Waals surface area contributed by atoms with Crippen molar-refractivity contribution in [2.45, 2.75) is 6.42 Å². The van der Waals surface area contributed by atoms with Crippen LogP contribution in [0.3, 0.4) is 0 Å². The van der Waals surface area contributed by atoms with Crippen molar-refractivity contribution in [3.8, 4) is 5.75 Å². The highest BCUT2D eigenvalue weighted by Crippen LogP contribution is 2.33. The molecule has 0 aliphatic carbocycles. The van der Waals surface area contributed by atoms with Crippen LogP contribution in [0.2, 0.25) is 0 Å². The van der Waals surface area contributed by atoms with E-state index in [9.17, 15) is 28.9 Å². The lowest BCUT2D eigenvalue weighted by Gasteiger charge is -2.26. The fourth-order valence-electron chi connectivity index (χ4n) is 3.70. The second kappa shape index (κ2) is 10.1. The van der Waals surface area contributed by atoms with Gasteiger partial charge in [0.25, 0.3) is 17.5 Å². The standard InChI is InChI=1S/C25H17BrFN3O6/c1-36-22-11-14(10-20(26)18(22)12-15-5-2-3-8-21(15)27)9-19-23(31)28-25(33)29(24(19)32)16-6-4-7-17(13-16)30(34)35/h2-11,13H,12H2,1H3,(H,28,31,33)/b19-9+. The minimum Gasteiger partial charge on any atom is -0.496 e. The molecule has 1 saturated heterocycles. The average molecular weight is 554 g/mol. The first kappa shape index (κ1) is 24.7. The van der Waals surface area contributed by atoms with Crippen LogP contribution < -0.4 is 15.0 Å². The summed E-state index contributed by atoms with van der Waals surface area (Å²) in [5.74, 6) is -1.85. The smallest absolute Gasteiger partial charge is 0.335 e. The Morgan fingerprint density at radius 3 is 2.56 bits per heavy atom. The third kappa shape index (κ3) is 4.86. The van der Waals surface area contributed by atoms with E-state index < -0.39 is 22.8 Å². The molecule has 1 heterocycles. The van der Waals surface area contributed by atoms with Crippen molar-refractivity contribution in [3.63, 3.8) is 0 Å². The molecule has 1 aliphatic rings. The number of rotatable bonds is 6. The van der Waals surface area contributed by atoms with Gasteiger partial charge < -0.3 is 4.74 Å². The van der Waals surface area contributed by atoms with Crippen LogP contribution in [0.5, 0.6) is 5.75 Å². The first-order chi connectivity index (χ1) is 17.2. The van der Waals surface area contributed by atoms with Gasteiger partial charge in [0.2, 0.25) is 0 Å². The number of amides is 4. The minimum atomic E-state index is -1.03. The van der Waals surface area contributed by atoms with Crippen molar-refractivity contribution in [2.24, 2.45) is 0 Å².